The number of nitrogens with zero attached hydrogens (tertiary/aromatic N) is 1. The number of ether oxygens (including phenoxy) is 2. The van der Waals surface area contributed by atoms with Gasteiger partial charge >= 0.3 is 11.9 Å². The van der Waals surface area contributed by atoms with Gasteiger partial charge in [0, 0.05) is 40.8 Å². The highest BCUT2D eigenvalue weighted by Gasteiger charge is 2.39. The van der Waals surface area contributed by atoms with E-state index in [1.807, 2.05) is 38.1 Å². The zero-order valence-electron chi connectivity index (χ0n) is 23.1. The summed E-state index contributed by atoms with van der Waals surface area (Å²) < 4.78 is 10.8. The van der Waals surface area contributed by atoms with Crippen LogP contribution < -0.4 is 5.32 Å². The van der Waals surface area contributed by atoms with E-state index in [1.54, 1.807) is 23.9 Å². The topological polar surface area (TPSA) is 128 Å². The van der Waals surface area contributed by atoms with Gasteiger partial charge < -0.3 is 19.9 Å². The van der Waals surface area contributed by atoms with Crippen molar-refractivity contribution in [3.63, 3.8) is 0 Å². The maximum atomic E-state index is 13.6. The Labute approximate surface area is 238 Å². The van der Waals surface area contributed by atoms with Gasteiger partial charge in [-0.05, 0) is 48.9 Å². The Hall–Kier alpha value is -3.63. The number of non-ortho nitro benzene ring substituents is 1. The lowest BCUT2D eigenvalue weighted by molar-refractivity contribution is -0.384. The molecule has 0 spiro atoms. The van der Waals surface area contributed by atoms with Gasteiger partial charge in [0.25, 0.3) is 5.69 Å². The fourth-order valence-electron chi connectivity index (χ4n) is 4.65. The van der Waals surface area contributed by atoms with Crippen LogP contribution in [0.3, 0.4) is 0 Å². The van der Waals surface area contributed by atoms with Crippen molar-refractivity contribution in [1.82, 2.24) is 5.32 Å². The number of methoxy groups -OCH3 is 1. The number of carbonyl (C=O) groups excluding carboxylic acids is 2. The second-order valence-electron chi connectivity index (χ2n) is 9.25. The summed E-state index contributed by atoms with van der Waals surface area (Å²) in [5.74, 6) is -1.32. The van der Waals surface area contributed by atoms with Gasteiger partial charge in [-0.25, -0.2) is 9.59 Å². The summed E-state index contributed by atoms with van der Waals surface area (Å²) in [6.45, 7) is 4.17. The van der Waals surface area contributed by atoms with Gasteiger partial charge in [0.2, 0.25) is 0 Å². The quantitative estimate of drug-likeness (QED) is 0.101. The van der Waals surface area contributed by atoms with E-state index in [-0.39, 0.29) is 30.0 Å². The number of nitro benzene ring substituents is 1. The number of dihydropyridines is 1. The molecule has 3 rings (SSSR count). The van der Waals surface area contributed by atoms with Crippen LogP contribution in [-0.4, -0.2) is 48.0 Å². The van der Waals surface area contributed by atoms with Crippen LogP contribution in [0.2, 0.25) is 0 Å². The largest absolute Gasteiger partial charge is 0.466 e. The second-order valence-corrected chi connectivity index (χ2v) is 10.4. The minimum Gasteiger partial charge on any atom is -0.466 e. The molecule has 1 unspecified atom stereocenters. The Morgan fingerprint density at radius 2 is 1.77 bits per heavy atom. The molecule has 40 heavy (non-hydrogen) atoms. The molecule has 1 aliphatic rings. The zero-order valence-corrected chi connectivity index (χ0v) is 23.9. The molecule has 0 bridgehead atoms. The van der Waals surface area contributed by atoms with Crippen LogP contribution in [0.5, 0.6) is 0 Å². The lowest BCUT2D eigenvalue weighted by Crippen LogP contribution is -2.34. The average Bonchev–Trinajstić information content (AvgIpc) is 2.97. The molecule has 0 saturated carbocycles. The Morgan fingerprint density at radius 1 is 1.05 bits per heavy atom. The molecular formula is C30H36N2O7S. The molecule has 1 heterocycles. The number of aliphatic hydroxyl groups is 1. The third-order valence-electron chi connectivity index (χ3n) is 6.54. The molecule has 0 fully saturated rings. The molecule has 214 valence electrons. The summed E-state index contributed by atoms with van der Waals surface area (Å²) in [5, 5.41) is 23.9. The summed E-state index contributed by atoms with van der Waals surface area (Å²) >= 11 is 1.64. The van der Waals surface area contributed by atoms with Crippen molar-refractivity contribution in [3.8, 4) is 0 Å². The van der Waals surface area contributed by atoms with Gasteiger partial charge in [-0.1, -0.05) is 44.5 Å². The number of allylic oxidation sites excluding steroid dienone is 2. The monoisotopic (exact) mass is 568 g/mol. The van der Waals surface area contributed by atoms with E-state index in [0.717, 1.165) is 22.6 Å². The van der Waals surface area contributed by atoms with E-state index in [0.29, 0.717) is 42.6 Å². The standard InChI is InChI=1S/C30H36N2O7S/c1-4-8-25-28(30(35)39-17-7-18-40-23-13-11-20(12-14-23)15-16-33)26(21-9-6-10-22(19-21)32(36)37)27(29(34)38-3)24(5-2)31-25/h6,9-14,19,26,31,33H,4-5,7-8,15-18H2,1-3H3. The number of aliphatic hydroxyl groups excluding tert-OH is 1. The first kappa shape index (κ1) is 30.9. The van der Waals surface area contributed by atoms with Crippen molar-refractivity contribution in [2.75, 3.05) is 26.1 Å². The summed E-state index contributed by atoms with van der Waals surface area (Å²) in [7, 11) is 1.27. The van der Waals surface area contributed by atoms with E-state index in [2.05, 4.69) is 5.32 Å². The number of hydrogen-bond acceptors (Lipinski definition) is 9. The number of nitrogens with one attached hydrogen (secondary N) is 1. The van der Waals surface area contributed by atoms with Crippen LogP contribution in [0, 0.1) is 10.1 Å². The highest BCUT2D eigenvalue weighted by molar-refractivity contribution is 7.99. The van der Waals surface area contributed by atoms with E-state index in [1.165, 1.54) is 19.2 Å². The number of esters is 2. The summed E-state index contributed by atoms with van der Waals surface area (Å²) in [6.07, 6.45) is 2.98. The summed E-state index contributed by atoms with van der Waals surface area (Å²) in [5.41, 5.74) is 3.16. The number of nitro groups is 1. The molecule has 2 N–H and O–H groups in total. The van der Waals surface area contributed by atoms with E-state index in [4.69, 9.17) is 14.6 Å². The van der Waals surface area contributed by atoms with Gasteiger partial charge in [-0.2, -0.15) is 0 Å². The van der Waals surface area contributed by atoms with Crippen molar-refractivity contribution in [2.24, 2.45) is 0 Å². The van der Waals surface area contributed by atoms with Gasteiger partial charge in [0.1, 0.15) is 0 Å². The molecule has 1 atom stereocenters. The molecular weight excluding hydrogens is 532 g/mol. The zero-order chi connectivity index (χ0) is 29.1. The highest BCUT2D eigenvalue weighted by atomic mass is 32.2. The highest BCUT2D eigenvalue weighted by Crippen LogP contribution is 2.41. The normalized spacial score (nSPS) is 15.1. The average molecular weight is 569 g/mol. The molecule has 2 aromatic rings. The maximum Gasteiger partial charge on any atom is 0.336 e. The number of hydrogen-bond donors (Lipinski definition) is 2. The van der Waals surface area contributed by atoms with Crippen molar-refractivity contribution in [1.29, 1.82) is 0 Å². The van der Waals surface area contributed by atoms with Crippen LogP contribution in [0.15, 0.2) is 76.0 Å². The predicted molar refractivity (Wildman–Crippen MR) is 154 cm³/mol. The lowest BCUT2D eigenvalue weighted by Gasteiger charge is -2.32. The fraction of sp³-hybridized carbons (Fsp3) is 0.400. The molecule has 0 radical (unpaired) electrons. The molecule has 2 aromatic carbocycles. The van der Waals surface area contributed by atoms with Gasteiger partial charge in [0.15, 0.2) is 0 Å². The molecule has 0 aromatic heterocycles. The van der Waals surface area contributed by atoms with Crippen molar-refractivity contribution in [3.05, 3.63) is 92.3 Å². The molecule has 0 aliphatic carbocycles. The second kappa shape index (κ2) is 15.2. The minimum atomic E-state index is -0.871. The molecule has 0 amide bonds. The van der Waals surface area contributed by atoms with E-state index >= 15 is 0 Å². The van der Waals surface area contributed by atoms with E-state index in [9.17, 15) is 19.7 Å². The Morgan fingerprint density at radius 3 is 2.40 bits per heavy atom. The van der Waals surface area contributed by atoms with Gasteiger partial charge in [-0.3, -0.25) is 10.1 Å². The van der Waals surface area contributed by atoms with Crippen molar-refractivity contribution >= 4 is 29.4 Å². The number of thioether (sulfide) groups is 1. The molecule has 1 aliphatic heterocycles. The third kappa shape index (κ3) is 7.73. The Bertz CT molecular complexity index is 1270. The SMILES string of the molecule is CCCC1=C(C(=O)OCCCSc2ccc(CCO)cc2)C(c2cccc([N+](=O)[O-])c2)C(C(=O)OC)=C(CC)N1. The summed E-state index contributed by atoms with van der Waals surface area (Å²) in [4.78, 5) is 38.8. The van der Waals surface area contributed by atoms with Crippen LogP contribution in [0.1, 0.15) is 56.6 Å². The number of carbonyl (C=O) groups is 2. The van der Waals surface area contributed by atoms with Crippen molar-refractivity contribution in [2.45, 2.75) is 56.8 Å². The van der Waals surface area contributed by atoms with Crippen LogP contribution in [0.4, 0.5) is 5.69 Å². The Kier molecular flexibility index (Phi) is 11.8. The molecule has 0 saturated heterocycles. The van der Waals surface area contributed by atoms with Crippen molar-refractivity contribution < 1.29 is 29.1 Å². The predicted octanol–water partition coefficient (Wildman–Crippen LogP) is 5.43. The van der Waals surface area contributed by atoms with Gasteiger partial charge in [0.05, 0.1) is 35.7 Å². The van der Waals surface area contributed by atoms with Crippen LogP contribution in [-0.2, 0) is 25.5 Å². The van der Waals surface area contributed by atoms with E-state index < -0.39 is 22.8 Å². The maximum absolute atomic E-state index is 13.6. The lowest BCUT2D eigenvalue weighted by atomic mass is 9.79. The first-order chi connectivity index (χ1) is 19.3. The number of rotatable bonds is 14. The molecule has 9 nitrogen and oxygen atoms in total. The smallest absolute Gasteiger partial charge is 0.336 e. The first-order valence-electron chi connectivity index (χ1n) is 13.4. The minimum absolute atomic E-state index is 0.114. The fourth-order valence-corrected chi connectivity index (χ4v) is 5.48. The van der Waals surface area contributed by atoms with Gasteiger partial charge in [-0.15, -0.1) is 11.8 Å². The van der Waals surface area contributed by atoms with Crippen LogP contribution >= 0.6 is 11.8 Å². The molecule has 10 heteroatoms. The third-order valence-corrected chi connectivity index (χ3v) is 7.64. The Balaban J connectivity index is 1.84. The van der Waals surface area contributed by atoms with Crippen LogP contribution in [0.25, 0.3) is 0 Å². The number of benzene rings is 2. The first-order valence-corrected chi connectivity index (χ1v) is 14.4. The summed E-state index contributed by atoms with van der Waals surface area (Å²) in [6, 6.07) is 14.0.